The van der Waals surface area contributed by atoms with E-state index in [2.05, 4.69) is 10.0 Å². The van der Waals surface area contributed by atoms with Crippen molar-refractivity contribution in [2.24, 2.45) is 5.11 Å². The summed E-state index contributed by atoms with van der Waals surface area (Å²) in [7, 11) is 0. The van der Waals surface area contributed by atoms with Gasteiger partial charge in [-0.2, -0.15) is 0 Å². The Bertz CT molecular complexity index is 553. The van der Waals surface area contributed by atoms with Gasteiger partial charge in [0.25, 0.3) is 0 Å². The van der Waals surface area contributed by atoms with Crippen LogP contribution in [0.15, 0.2) is 5.11 Å². The first-order valence-electron chi connectivity index (χ1n) is 7.59. The highest BCUT2D eigenvalue weighted by molar-refractivity contribution is 7.99. The standard InChI is InChI=1S/C14H21N3O7S/c1-5-25-14-11(16-17-15)13(23-9(4)20)12(22-8(3)19)10(24-14)6-21-7(2)18/h10-14H,5-6H2,1-4H3/t10?,11?,12-,13?,14-/m1/s1. The fourth-order valence-electron chi connectivity index (χ4n) is 2.37. The van der Waals surface area contributed by atoms with Gasteiger partial charge >= 0.3 is 17.9 Å². The van der Waals surface area contributed by atoms with E-state index in [4.69, 9.17) is 24.5 Å². The number of hydrogen-bond acceptors (Lipinski definition) is 9. The zero-order valence-electron chi connectivity index (χ0n) is 14.4. The van der Waals surface area contributed by atoms with Crippen molar-refractivity contribution in [2.45, 2.75) is 57.5 Å². The summed E-state index contributed by atoms with van der Waals surface area (Å²) >= 11 is 1.33. The molecule has 0 aliphatic carbocycles. The maximum absolute atomic E-state index is 11.5. The second-order valence-corrected chi connectivity index (χ2v) is 6.52. The smallest absolute Gasteiger partial charge is 0.303 e. The summed E-state index contributed by atoms with van der Waals surface area (Å²) in [5.74, 6) is -1.17. The highest BCUT2D eigenvalue weighted by atomic mass is 32.2. The third-order valence-electron chi connectivity index (χ3n) is 3.19. The molecule has 0 aromatic carbocycles. The first kappa shape index (κ1) is 21.1. The molecule has 140 valence electrons. The molecule has 5 atom stereocenters. The van der Waals surface area contributed by atoms with E-state index in [1.54, 1.807) is 0 Å². The van der Waals surface area contributed by atoms with Crippen LogP contribution in [-0.4, -0.2) is 60.1 Å². The van der Waals surface area contributed by atoms with Crippen LogP contribution in [0.3, 0.4) is 0 Å². The summed E-state index contributed by atoms with van der Waals surface area (Å²) in [6.45, 7) is 5.28. The Hall–Kier alpha value is -1.97. The third-order valence-corrected chi connectivity index (χ3v) is 4.24. The number of esters is 3. The average molecular weight is 375 g/mol. The van der Waals surface area contributed by atoms with E-state index >= 15 is 0 Å². The van der Waals surface area contributed by atoms with Crippen molar-refractivity contribution in [3.05, 3.63) is 10.4 Å². The molecule has 1 aliphatic rings. The topological polar surface area (TPSA) is 137 Å². The molecule has 0 saturated carbocycles. The van der Waals surface area contributed by atoms with Gasteiger partial charge in [-0.15, -0.1) is 11.8 Å². The largest absolute Gasteiger partial charge is 0.463 e. The Morgan fingerprint density at radius 2 is 1.72 bits per heavy atom. The molecule has 1 saturated heterocycles. The SMILES string of the molecule is CCS[C@H]1OC(COC(C)=O)[C@@H](OC(C)=O)C(OC(C)=O)C1N=[N+]=[N-]. The van der Waals surface area contributed by atoms with Crippen molar-refractivity contribution < 1.29 is 33.3 Å². The molecule has 1 aliphatic heterocycles. The van der Waals surface area contributed by atoms with Gasteiger partial charge in [0.2, 0.25) is 0 Å². The van der Waals surface area contributed by atoms with Crippen LogP contribution in [0.1, 0.15) is 27.7 Å². The zero-order valence-corrected chi connectivity index (χ0v) is 15.2. The van der Waals surface area contributed by atoms with Crippen molar-refractivity contribution in [2.75, 3.05) is 12.4 Å². The van der Waals surface area contributed by atoms with Crippen molar-refractivity contribution in [1.82, 2.24) is 0 Å². The number of rotatable bonds is 7. The van der Waals surface area contributed by atoms with Crippen LogP contribution in [0.4, 0.5) is 0 Å². The molecule has 10 nitrogen and oxygen atoms in total. The highest BCUT2D eigenvalue weighted by Gasteiger charge is 2.50. The number of thioether (sulfide) groups is 1. The number of ether oxygens (including phenoxy) is 4. The molecule has 0 aromatic rings. The average Bonchev–Trinajstić information content (AvgIpc) is 2.50. The van der Waals surface area contributed by atoms with Gasteiger partial charge < -0.3 is 18.9 Å². The van der Waals surface area contributed by atoms with Gasteiger partial charge in [-0.3, -0.25) is 14.4 Å². The number of carbonyl (C=O) groups excluding carboxylic acids is 3. The summed E-state index contributed by atoms with van der Waals surface area (Å²) in [4.78, 5) is 36.8. The van der Waals surface area contributed by atoms with Crippen LogP contribution in [0.5, 0.6) is 0 Å². The lowest BCUT2D eigenvalue weighted by Crippen LogP contribution is -2.59. The van der Waals surface area contributed by atoms with Gasteiger partial charge in [0, 0.05) is 25.7 Å². The second kappa shape index (κ2) is 10.1. The monoisotopic (exact) mass is 375 g/mol. The minimum absolute atomic E-state index is 0.200. The van der Waals surface area contributed by atoms with Crippen molar-refractivity contribution >= 4 is 29.7 Å². The lowest BCUT2D eigenvalue weighted by molar-refractivity contribution is -0.208. The minimum atomic E-state index is -1.08. The molecule has 1 rings (SSSR count). The molecule has 0 aromatic heterocycles. The van der Waals surface area contributed by atoms with Crippen molar-refractivity contribution in [3.8, 4) is 0 Å². The van der Waals surface area contributed by atoms with E-state index in [0.717, 1.165) is 0 Å². The Kier molecular flexibility index (Phi) is 8.53. The quantitative estimate of drug-likeness (QED) is 0.215. The number of carbonyl (C=O) groups is 3. The van der Waals surface area contributed by atoms with Gasteiger partial charge in [0.05, 0.1) is 0 Å². The molecule has 0 spiro atoms. The third kappa shape index (κ3) is 6.45. The first-order chi connectivity index (χ1) is 11.8. The van der Waals surface area contributed by atoms with Crippen molar-refractivity contribution in [3.63, 3.8) is 0 Å². The summed E-state index contributed by atoms with van der Waals surface area (Å²) in [5.41, 5.74) is 8.19. The second-order valence-electron chi connectivity index (χ2n) is 5.14. The van der Waals surface area contributed by atoms with E-state index < -0.39 is 47.7 Å². The predicted molar refractivity (Wildman–Crippen MR) is 87.5 cm³/mol. The van der Waals surface area contributed by atoms with Crippen LogP contribution in [-0.2, 0) is 33.3 Å². The van der Waals surface area contributed by atoms with Gasteiger partial charge in [-0.1, -0.05) is 12.0 Å². The fraction of sp³-hybridized carbons (Fsp3) is 0.786. The highest BCUT2D eigenvalue weighted by Crippen LogP contribution is 2.34. The zero-order chi connectivity index (χ0) is 19.0. The molecule has 0 N–H and O–H groups in total. The van der Waals surface area contributed by atoms with E-state index in [-0.39, 0.29) is 6.61 Å². The molecule has 0 bridgehead atoms. The Labute approximate surface area is 149 Å². The van der Waals surface area contributed by atoms with Crippen LogP contribution >= 0.6 is 11.8 Å². The molecular weight excluding hydrogens is 354 g/mol. The van der Waals surface area contributed by atoms with Crippen LogP contribution < -0.4 is 0 Å². The van der Waals surface area contributed by atoms with Gasteiger partial charge in [0.1, 0.15) is 24.2 Å². The van der Waals surface area contributed by atoms with Crippen LogP contribution in [0, 0.1) is 0 Å². The predicted octanol–water partition coefficient (Wildman–Crippen LogP) is 1.57. The maximum Gasteiger partial charge on any atom is 0.303 e. The Balaban J connectivity index is 3.21. The molecule has 0 radical (unpaired) electrons. The fourth-order valence-corrected chi connectivity index (χ4v) is 3.33. The van der Waals surface area contributed by atoms with E-state index in [1.807, 2.05) is 6.92 Å². The van der Waals surface area contributed by atoms with E-state index in [9.17, 15) is 14.4 Å². The Morgan fingerprint density at radius 1 is 1.12 bits per heavy atom. The van der Waals surface area contributed by atoms with Crippen LogP contribution in [0.2, 0.25) is 0 Å². The van der Waals surface area contributed by atoms with Gasteiger partial charge in [-0.25, -0.2) is 0 Å². The number of hydrogen-bond donors (Lipinski definition) is 0. The molecule has 11 heteroatoms. The lowest BCUT2D eigenvalue weighted by Gasteiger charge is -2.43. The minimum Gasteiger partial charge on any atom is -0.463 e. The molecular formula is C14H21N3O7S. The van der Waals surface area contributed by atoms with Gasteiger partial charge in [0.15, 0.2) is 12.2 Å². The van der Waals surface area contributed by atoms with Crippen LogP contribution in [0.25, 0.3) is 10.4 Å². The molecule has 1 heterocycles. The number of nitrogens with zero attached hydrogens (tertiary/aromatic N) is 3. The van der Waals surface area contributed by atoms with E-state index in [0.29, 0.717) is 5.75 Å². The molecule has 25 heavy (non-hydrogen) atoms. The summed E-state index contributed by atoms with van der Waals surface area (Å²) in [6.07, 6.45) is -3.01. The van der Waals surface area contributed by atoms with Crippen molar-refractivity contribution in [1.29, 1.82) is 0 Å². The molecule has 3 unspecified atom stereocenters. The van der Waals surface area contributed by atoms with Gasteiger partial charge in [-0.05, 0) is 11.3 Å². The Morgan fingerprint density at radius 3 is 2.20 bits per heavy atom. The summed E-state index contributed by atoms with van der Waals surface area (Å²) in [6, 6.07) is -0.906. The molecule has 1 fully saturated rings. The first-order valence-corrected chi connectivity index (χ1v) is 8.64. The summed E-state index contributed by atoms with van der Waals surface area (Å²) in [5, 5.41) is 3.66. The normalized spacial score (nSPS) is 28.4. The maximum atomic E-state index is 11.5. The molecule has 0 amide bonds. The van der Waals surface area contributed by atoms with E-state index in [1.165, 1.54) is 32.5 Å². The summed E-state index contributed by atoms with van der Waals surface area (Å²) < 4.78 is 21.3. The lowest BCUT2D eigenvalue weighted by atomic mass is 9.98. The number of azide groups is 1.